The van der Waals surface area contributed by atoms with Crippen molar-refractivity contribution in [1.82, 2.24) is 9.97 Å². The van der Waals surface area contributed by atoms with Crippen molar-refractivity contribution in [3.8, 4) is 0 Å². The van der Waals surface area contributed by atoms with Crippen molar-refractivity contribution in [2.24, 2.45) is 0 Å². The lowest BCUT2D eigenvalue weighted by molar-refractivity contribution is 0.609. The Morgan fingerprint density at radius 3 is 2.39 bits per heavy atom. The fourth-order valence-corrected chi connectivity index (χ4v) is 4.45. The van der Waals surface area contributed by atoms with E-state index in [2.05, 4.69) is 65.4 Å². The predicted molar refractivity (Wildman–Crippen MR) is 96.1 cm³/mol. The number of fused-ring (bicyclic) bond motifs is 4. The first-order valence-electron chi connectivity index (χ1n) is 8.49. The average molecular weight is 300 g/mol. The van der Waals surface area contributed by atoms with Crippen molar-refractivity contribution in [1.29, 1.82) is 0 Å². The Labute approximate surface area is 135 Å². The van der Waals surface area contributed by atoms with E-state index in [0.717, 1.165) is 0 Å². The molecule has 0 aliphatic heterocycles. The van der Waals surface area contributed by atoms with Crippen LogP contribution in [0.2, 0.25) is 0 Å². The predicted octanol–water partition coefficient (Wildman–Crippen LogP) is 5.43. The van der Waals surface area contributed by atoms with Crippen molar-refractivity contribution in [2.75, 3.05) is 0 Å². The van der Waals surface area contributed by atoms with E-state index < -0.39 is 0 Å². The zero-order valence-electron chi connectivity index (χ0n) is 13.3. The number of aromatic nitrogens is 2. The molecule has 4 aromatic rings. The van der Waals surface area contributed by atoms with Crippen LogP contribution in [-0.2, 0) is 6.42 Å². The third-order valence-electron chi connectivity index (χ3n) is 5.41. The summed E-state index contributed by atoms with van der Waals surface area (Å²) in [6, 6.07) is 17.4. The van der Waals surface area contributed by atoms with Gasteiger partial charge in [0.05, 0.1) is 0 Å². The summed E-state index contributed by atoms with van der Waals surface area (Å²) in [6.07, 6.45) is 3.68. The van der Waals surface area contributed by atoms with Crippen molar-refractivity contribution in [3.63, 3.8) is 0 Å². The van der Waals surface area contributed by atoms with Gasteiger partial charge in [0.2, 0.25) is 0 Å². The molecule has 2 N–H and O–H groups in total. The van der Waals surface area contributed by atoms with E-state index in [4.69, 9.17) is 0 Å². The molecular formula is C21H20N2. The number of aromatic amines is 2. The SMILES string of the molecule is Cc1[nH]c2ccccc2c1C1CCCc2c1[nH]c1ccccc21. The Morgan fingerprint density at radius 1 is 0.870 bits per heavy atom. The minimum Gasteiger partial charge on any atom is -0.358 e. The molecule has 0 saturated heterocycles. The Kier molecular flexibility index (Phi) is 2.69. The minimum atomic E-state index is 0.474. The molecule has 114 valence electrons. The second-order valence-corrected chi connectivity index (χ2v) is 6.72. The highest BCUT2D eigenvalue weighted by Crippen LogP contribution is 2.43. The highest BCUT2D eigenvalue weighted by atomic mass is 14.8. The van der Waals surface area contributed by atoms with Crippen molar-refractivity contribution in [3.05, 3.63) is 71.0 Å². The number of H-pyrrole nitrogens is 2. The minimum absolute atomic E-state index is 0.474. The highest BCUT2D eigenvalue weighted by Gasteiger charge is 2.28. The van der Waals surface area contributed by atoms with Gasteiger partial charge >= 0.3 is 0 Å². The first-order valence-corrected chi connectivity index (χ1v) is 8.49. The monoisotopic (exact) mass is 300 g/mol. The molecule has 5 rings (SSSR count). The standard InChI is InChI=1S/C21H20N2/c1-13-20(16-8-3-5-12-19(16)22-13)17-10-6-9-15-14-7-2-4-11-18(14)23-21(15)17/h2-5,7-8,11-12,17,22-23H,6,9-10H2,1H3. The van der Waals surface area contributed by atoms with Gasteiger partial charge in [-0.05, 0) is 49.4 Å². The molecule has 2 aromatic heterocycles. The number of hydrogen-bond acceptors (Lipinski definition) is 0. The first-order chi connectivity index (χ1) is 11.3. The van der Waals surface area contributed by atoms with Gasteiger partial charge in [-0.2, -0.15) is 0 Å². The van der Waals surface area contributed by atoms with E-state index in [9.17, 15) is 0 Å². The number of benzene rings is 2. The Hall–Kier alpha value is -2.48. The van der Waals surface area contributed by atoms with E-state index in [1.807, 2.05) is 0 Å². The summed E-state index contributed by atoms with van der Waals surface area (Å²) in [5.41, 5.74) is 8.28. The van der Waals surface area contributed by atoms with E-state index in [1.165, 1.54) is 63.6 Å². The Balaban J connectivity index is 1.78. The molecule has 23 heavy (non-hydrogen) atoms. The normalized spacial score (nSPS) is 17.7. The van der Waals surface area contributed by atoms with Crippen LogP contribution in [0.3, 0.4) is 0 Å². The molecule has 0 radical (unpaired) electrons. The summed E-state index contributed by atoms with van der Waals surface area (Å²) in [4.78, 5) is 7.31. The first kappa shape index (κ1) is 13.0. The van der Waals surface area contributed by atoms with Gasteiger partial charge in [-0.25, -0.2) is 0 Å². The maximum atomic E-state index is 3.73. The van der Waals surface area contributed by atoms with E-state index in [-0.39, 0.29) is 0 Å². The van der Waals surface area contributed by atoms with Gasteiger partial charge in [0.25, 0.3) is 0 Å². The summed E-state index contributed by atoms with van der Waals surface area (Å²) in [5, 5.41) is 2.78. The molecule has 2 aromatic carbocycles. The highest BCUT2D eigenvalue weighted by molar-refractivity contribution is 5.88. The van der Waals surface area contributed by atoms with Crippen LogP contribution in [0.4, 0.5) is 0 Å². The van der Waals surface area contributed by atoms with Crippen LogP contribution in [0.5, 0.6) is 0 Å². The summed E-state index contributed by atoms with van der Waals surface area (Å²) >= 11 is 0. The van der Waals surface area contributed by atoms with Gasteiger partial charge in [-0.3, -0.25) is 0 Å². The Morgan fingerprint density at radius 2 is 1.57 bits per heavy atom. The fraction of sp³-hybridized carbons (Fsp3) is 0.238. The number of para-hydroxylation sites is 2. The summed E-state index contributed by atoms with van der Waals surface area (Å²) < 4.78 is 0. The van der Waals surface area contributed by atoms with Crippen LogP contribution in [-0.4, -0.2) is 9.97 Å². The fourth-order valence-electron chi connectivity index (χ4n) is 4.45. The molecule has 0 spiro atoms. The molecular weight excluding hydrogens is 280 g/mol. The maximum Gasteiger partial charge on any atom is 0.0459 e. The summed E-state index contributed by atoms with van der Waals surface area (Å²) in [6.45, 7) is 2.21. The summed E-state index contributed by atoms with van der Waals surface area (Å²) in [7, 11) is 0. The molecule has 1 aliphatic rings. The zero-order chi connectivity index (χ0) is 15.4. The van der Waals surface area contributed by atoms with Gasteiger partial charge in [0.15, 0.2) is 0 Å². The van der Waals surface area contributed by atoms with Crippen LogP contribution in [0.25, 0.3) is 21.8 Å². The van der Waals surface area contributed by atoms with Gasteiger partial charge < -0.3 is 9.97 Å². The smallest absolute Gasteiger partial charge is 0.0459 e. The number of aryl methyl sites for hydroxylation is 2. The van der Waals surface area contributed by atoms with Crippen molar-refractivity contribution < 1.29 is 0 Å². The lowest BCUT2D eigenvalue weighted by atomic mass is 9.81. The van der Waals surface area contributed by atoms with Crippen molar-refractivity contribution >= 4 is 21.8 Å². The molecule has 0 bridgehead atoms. The van der Waals surface area contributed by atoms with Crippen LogP contribution >= 0.6 is 0 Å². The molecule has 1 unspecified atom stereocenters. The topological polar surface area (TPSA) is 31.6 Å². The molecule has 2 heterocycles. The molecule has 1 atom stereocenters. The average Bonchev–Trinajstić information content (AvgIpc) is 3.11. The van der Waals surface area contributed by atoms with E-state index >= 15 is 0 Å². The van der Waals surface area contributed by atoms with Gasteiger partial charge in [-0.15, -0.1) is 0 Å². The van der Waals surface area contributed by atoms with Gasteiger partial charge in [-0.1, -0.05) is 36.4 Å². The molecule has 2 nitrogen and oxygen atoms in total. The maximum absolute atomic E-state index is 3.73. The number of rotatable bonds is 1. The molecule has 1 aliphatic carbocycles. The molecule has 0 fully saturated rings. The van der Waals surface area contributed by atoms with Crippen molar-refractivity contribution in [2.45, 2.75) is 32.1 Å². The van der Waals surface area contributed by atoms with Crippen LogP contribution in [0, 0.1) is 6.92 Å². The van der Waals surface area contributed by atoms with Gasteiger partial charge in [0, 0.05) is 39.1 Å². The van der Waals surface area contributed by atoms with Crippen LogP contribution in [0.15, 0.2) is 48.5 Å². The second-order valence-electron chi connectivity index (χ2n) is 6.72. The number of hydrogen-bond donors (Lipinski definition) is 2. The lowest BCUT2D eigenvalue weighted by Gasteiger charge is -2.23. The summed E-state index contributed by atoms with van der Waals surface area (Å²) in [5.74, 6) is 0.474. The Bertz CT molecular complexity index is 1020. The third kappa shape index (κ3) is 1.81. The largest absolute Gasteiger partial charge is 0.358 e. The van der Waals surface area contributed by atoms with E-state index in [1.54, 1.807) is 0 Å². The number of nitrogens with one attached hydrogen (secondary N) is 2. The molecule has 0 saturated carbocycles. The quantitative estimate of drug-likeness (QED) is 0.470. The molecule has 2 heteroatoms. The van der Waals surface area contributed by atoms with Crippen LogP contribution in [0.1, 0.15) is 41.3 Å². The van der Waals surface area contributed by atoms with E-state index in [0.29, 0.717) is 5.92 Å². The third-order valence-corrected chi connectivity index (χ3v) is 5.41. The second kappa shape index (κ2) is 4.76. The van der Waals surface area contributed by atoms with Gasteiger partial charge in [0.1, 0.15) is 0 Å². The van der Waals surface area contributed by atoms with Crippen LogP contribution < -0.4 is 0 Å². The lowest BCUT2D eigenvalue weighted by Crippen LogP contribution is -2.11. The zero-order valence-corrected chi connectivity index (χ0v) is 13.3. The molecule has 0 amide bonds.